The molecular weight excluding hydrogens is 480 g/mol. The molecule has 12 nitrogen and oxygen atoms in total. The highest BCUT2D eigenvalue weighted by Gasteiger charge is 2.41. The maximum atomic E-state index is 13.3. The first kappa shape index (κ1) is 26.4. The van der Waals surface area contributed by atoms with Gasteiger partial charge in [0, 0.05) is 29.6 Å². The van der Waals surface area contributed by atoms with Crippen LogP contribution < -0.4 is 11.1 Å². The zero-order chi connectivity index (χ0) is 27.4. The van der Waals surface area contributed by atoms with Gasteiger partial charge in [0.2, 0.25) is 0 Å². The third kappa shape index (κ3) is 4.94. The van der Waals surface area contributed by atoms with Gasteiger partial charge in [0.15, 0.2) is 0 Å². The number of nitrogens with zero attached hydrogens (tertiary/aromatic N) is 4. The lowest BCUT2D eigenvalue weighted by molar-refractivity contribution is -0.384. The van der Waals surface area contributed by atoms with Crippen molar-refractivity contribution >= 4 is 29.1 Å². The van der Waals surface area contributed by atoms with E-state index >= 15 is 0 Å². The summed E-state index contributed by atoms with van der Waals surface area (Å²) >= 11 is 0. The van der Waals surface area contributed by atoms with Gasteiger partial charge in [-0.3, -0.25) is 10.1 Å². The average molecular weight is 502 g/mol. The monoisotopic (exact) mass is 502 g/mol. The summed E-state index contributed by atoms with van der Waals surface area (Å²) < 4.78 is 10.5. The van der Waals surface area contributed by atoms with Gasteiger partial charge in [0.1, 0.15) is 23.5 Å². The maximum absolute atomic E-state index is 13.3. The van der Waals surface area contributed by atoms with E-state index in [0.29, 0.717) is 0 Å². The number of nitrogen functional groups attached to an aromatic ring is 1. The van der Waals surface area contributed by atoms with Crippen LogP contribution in [-0.2, 0) is 19.1 Å². The smallest absolute Gasteiger partial charge is 0.337 e. The molecule has 1 atom stereocenters. The zero-order valence-corrected chi connectivity index (χ0v) is 20.4. The molecule has 0 aliphatic carbocycles. The van der Waals surface area contributed by atoms with Gasteiger partial charge in [-0.05, 0) is 26.3 Å². The zero-order valence-electron chi connectivity index (χ0n) is 20.4. The first-order chi connectivity index (χ1) is 17.5. The van der Waals surface area contributed by atoms with Crippen molar-refractivity contribution in [1.82, 2.24) is 10.3 Å². The first-order valence-electron chi connectivity index (χ1n) is 10.9. The van der Waals surface area contributed by atoms with Crippen LogP contribution in [0, 0.1) is 32.8 Å². The van der Waals surface area contributed by atoms with Crippen molar-refractivity contribution in [3.63, 3.8) is 0 Å². The van der Waals surface area contributed by atoms with Crippen LogP contribution in [0.2, 0.25) is 0 Å². The van der Waals surface area contributed by atoms with Gasteiger partial charge in [0.05, 0.1) is 46.5 Å². The normalized spacial score (nSPS) is 14.9. The predicted octanol–water partition coefficient (Wildman–Crippen LogP) is 2.81. The van der Waals surface area contributed by atoms with Crippen molar-refractivity contribution in [2.24, 2.45) is 0 Å². The topological polar surface area (TPSA) is 194 Å². The van der Waals surface area contributed by atoms with Crippen molar-refractivity contribution in [2.75, 3.05) is 12.8 Å². The summed E-state index contributed by atoms with van der Waals surface area (Å²) in [6.45, 7) is 4.83. The van der Waals surface area contributed by atoms with Crippen LogP contribution in [0.4, 0.5) is 11.5 Å². The Morgan fingerprint density at radius 1 is 1.22 bits per heavy atom. The second-order valence-corrected chi connectivity index (χ2v) is 8.21. The number of carbonyl (C=O) groups is 2. The number of esters is 2. The Labute approximate surface area is 211 Å². The number of allylic oxidation sites excluding steroid dienone is 1. The van der Waals surface area contributed by atoms with E-state index in [1.807, 2.05) is 12.1 Å². The number of ether oxygens (including phenoxy) is 2. The fraction of sp³-hybridized carbons (Fsp3) is 0.240. The largest absolute Gasteiger partial charge is 0.466 e. The lowest BCUT2D eigenvalue weighted by atomic mass is 9.78. The van der Waals surface area contributed by atoms with E-state index < -0.39 is 28.9 Å². The second-order valence-electron chi connectivity index (χ2n) is 8.21. The molecule has 2 heterocycles. The summed E-state index contributed by atoms with van der Waals surface area (Å²) in [7, 11) is 1.12. The number of nitro benzene ring substituents is 1. The Kier molecular flexibility index (Phi) is 7.54. The molecular formula is C25H22N6O6. The van der Waals surface area contributed by atoms with Crippen molar-refractivity contribution in [3.05, 3.63) is 79.7 Å². The molecule has 0 amide bonds. The Morgan fingerprint density at radius 2 is 1.92 bits per heavy atom. The quantitative estimate of drug-likeness (QED) is 0.335. The van der Waals surface area contributed by atoms with Crippen molar-refractivity contribution in [2.45, 2.75) is 32.8 Å². The van der Waals surface area contributed by atoms with E-state index in [4.69, 9.17) is 15.2 Å². The van der Waals surface area contributed by atoms with Gasteiger partial charge in [-0.1, -0.05) is 12.1 Å². The molecule has 1 aliphatic rings. The third-order valence-electron chi connectivity index (χ3n) is 5.54. The van der Waals surface area contributed by atoms with Gasteiger partial charge in [-0.2, -0.15) is 10.5 Å². The second kappa shape index (κ2) is 10.6. The number of dihydropyridines is 1. The molecule has 37 heavy (non-hydrogen) atoms. The molecule has 188 valence electrons. The number of anilines is 1. The Balaban J connectivity index is 2.49. The minimum Gasteiger partial charge on any atom is -0.466 e. The highest BCUT2D eigenvalue weighted by Crippen LogP contribution is 2.44. The van der Waals surface area contributed by atoms with E-state index in [0.717, 1.165) is 13.3 Å². The third-order valence-corrected chi connectivity index (χ3v) is 5.54. The van der Waals surface area contributed by atoms with Crippen molar-refractivity contribution in [3.8, 4) is 12.1 Å². The molecule has 3 N–H and O–H groups in total. The number of pyridine rings is 1. The fourth-order valence-corrected chi connectivity index (χ4v) is 4.04. The SMILES string of the molecule is COC(=O)C1=C(c2c(C#N)cnc(N)c2C#N)NC(C)=C(C(=O)OC(C)C)C1c1cccc([N+](=O)[O-])c1. The van der Waals surface area contributed by atoms with E-state index in [1.165, 1.54) is 31.2 Å². The van der Waals surface area contributed by atoms with Gasteiger partial charge in [-0.25, -0.2) is 14.6 Å². The average Bonchev–Trinajstić information content (AvgIpc) is 2.86. The van der Waals surface area contributed by atoms with Crippen LogP contribution in [-0.4, -0.2) is 35.1 Å². The molecule has 3 rings (SSSR count). The summed E-state index contributed by atoms with van der Waals surface area (Å²) in [4.78, 5) is 41.3. The number of nitriles is 2. The summed E-state index contributed by atoms with van der Waals surface area (Å²) in [6, 6.07) is 9.25. The van der Waals surface area contributed by atoms with Crippen LogP contribution in [0.15, 0.2) is 47.3 Å². The van der Waals surface area contributed by atoms with Gasteiger partial charge >= 0.3 is 11.9 Å². The number of carbonyl (C=O) groups excluding carboxylic acids is 2. The maximum Gasteiger partial charge on any atom is 0.337 e. The lowest BCUT2D eigenvalue weighted by Gasteiger charge is -2.32. The van der Waals surface area contributed by atoms with Crippen molar-refractivity contribution < 1.29 is 24.0 Å². The number of nitrogens with one attached hydrogen (secondary N) is 1. The fourth-order valence-electron chi connectivity index (χ4n) is 4.04. The molecule has 1 aromatic heterocycles. The molecule has 0 spiro atoms. The molecule has 0 saturated carbocycles. The number of nitrogens with two attached hydrogens (primary N) is 1. The van der Waals surface area contributed by atoms with E-state index in [1.54, 1.807) is 13.8 Å². The Hall–Kier alpha value is -5.23. The molecule has 12 heteroatoms. The number of non-ortho nitro benzene ring substituents is 1. The molecule has 0 fully saturated rings. The molecule has 1 aliphatic heterocycles. The lowest BCUT2D eigenvalue weighted by Crippen LogP contribution is -2.33. The predicted molar refractivity (Wildman–Crippen MR) is 130 cm³/mol. The van der Waals surface area contributed by atoms with Crippen molar-refractivity contribution in [1.29, 1.82) is 10.5 Å². The number of methoxy groups -OCH3 is 1. The van der Waals surface area contributed by atoms with Crippen LogP contribution in [0.5, 0.6) is 0 Å². The molecule has 0 saturated heterocycles. The molecule has 0 radical (unpaired) electrons. The highest BCUT2D eigenvalue weighted by molar-refractivity contribution is 6.06. The van der Waals surface area contributed by atoms with E-state index in [-0.39, 0.29) is 56.3 Å². The minimum absolute atomic E-state index is 0.00242. The first-order valence-corrected chi connectivity index (χ1v) is 10.9. The Bertz CT molecular complexity index is 1460. The van der Waals surface area contributed by atoms with E-state index in [9.17, 15) is 30.2 Å². The summed E-state index contributed by atoms with van der Waals surface area (Å²) in [5, 5.41) is 34.0. The van der Waals surface area contributed by atoms with Gasteiger partial charge < -0.3 is 20.5 Å². The van der Waals surface area contributed by atoms with Gasteiger partial charge in [-0.15, -0.1) is 0 Å². The standard InChI is InChI=1S/C25H22N6O6/c1-12(2)37-25(33)18-13(3)30-22(19-15(9-26)11-29-23(28)17(19)10-27)21(24(32)36-4)20(18)14-6-5-7-16(8-14)31(34)35/h5-8,11-12,20,30H,1-4H3,(H2,28,29). The van der Waals surface area contributed by atoms with E-state index in [2.05, 4.69) is 10.3 Å². The number of nitro groups is 1. The molecule has 1 aromatic carbocycles. The number of aromatic nitrogens is 1. The number of hydrogen-bond acceptors (Lipinski definition) is 11. The number of hydrogen-bond donors (Lipinski definition) is 2. The summed E-state index contributed by atoms with van der Waals surface area (Å²) in [6.07, 6.45) is 0.639. The van der Waals surface area contributed by atoms with Crippen LogP contribution >= 0.6 is 0 Å². The van der Waals surface area contributed by atoms with Crippen LogP contribution in [0.1, 0.15) is 48.9 Å². The number of benzene rings is 1. The molecule has 0 bridgehead atoms. The summed E-state index contributed by atoms with van der Waals surface area (Å²) in [5.41, 5.74) is 5.59. The number of rotatable bonds is 6. The molecule has 2 aromatic rings. The highest BCUT2D eigenvalue weighted by atomic mass is 16.6. The van der Waals surface area contributed by atoms with Crippen LogP contribution in [0.25, 0.3) is 5.70 Å². The van der Waals surface area contributed by atoms with Crippen LogP contribution in [0.3, 0.4) is 0 Å². The Morgan fingerprint density at radius 3 is 2.49 bits per heavy atom. The molecule has 1 unspecified atom stereocenters. The minimum atomic E-state index is -1.22. The van der Waals surface area contributed by atoms with Gasteiger partial charge in [0.25, 0.3) is 5.69 Å². The summed E-state index contributed by atoms with van der Waals surface area (Å²) in [5.74, 6) is -3.09.